The first-order chi connectivity index (χ1) is 17.4. The number of hydrogen-bond donors (Lipinski definition) is 1. The Hall–Kier alpha value is -4.46. The normalized spacial score (nSPS) is 12.9. The molecule has 14 heteroatoms. The Bertz CT molecular complexity index is 1400. The van der Waals surface area contributed by atoms with Crippen molar-refractivity contribution >= 4 is 15.8 Å². The van der Waals surface area contributed by atoms with Crippen LogP contribution >= 0.6 is 0 Å². The predicted octanol–water partition coefficient (Wildman–Crippen LogP) is 3.20. The number of aliphatic carboxylic acids is 1. The summed E-state index contributed by atoms with van der Waals surface area (Å²) in [7, 11) is -3.44. The Balaban J connectivity index is 2.13. The molecule has 0 fully saturated rings. The maximum Gasteiger partial charge on any atom is 0.311 e. The molecule has 2 atom stereocenters. The molecule has 13 nitrogen and oxygen atoms in total. The first-order valence-electron chi connectivity index (χ1n) is 10.8. The van der Waals surface area contributed by atoms with E-state index in [2.05, 4.69) is 9.68 Å². The smallest absolute Gasteiger partial charge is 0.311 e. The Morgan fingerprint density at radius 1 is 1.05 bits per heavy atom. The standard InChI is InChI=1S/C23H23N3O10S/c1-15-20(21(23(27)28)12-18(36-26(31)32)14-35-25(29)30)13-22(24(15)17-6-4-3-5-7-17)16-8-10-19(11-9-16)37(2,33)34/h3-11,13,18,21H,12,14H2,1-2H3,(H,27,28). The molecular formula is C23H23N3O10S. The second-order valence-electron chi connectivity index (χ2n) is 8.13. The van der Waals surface area contributed by atoms with E-state index in [9.17, 15) is 38.5 Å². The topological polar surface area (TPSA) is 181 Å². The van der Waals surface area contributed by atoms with Gasteiger partial charge in [-0.3, -0.25) is 4.79 Å². The number of para-hydroxylation sites is 1. The lowest BCUT2D eigenvalue weighted by Gasteiger charge is -2.19. The summed E-state index contributed by atoms with van der Waals surface area (Å²) in [6, 6.07) is 16.6. The van der Waals surface area contributed by atoms with Crippen molar-refractivity contribution in [1.82, 2.24) is 4.57 Å². The van der Waals surface area contributed by atoms with Gasteiger partial charge in [-0.05, 0) is 54.8 Å². The van der Waals surface area contributed by atoms with Crippen molar-refractivity contribution in [2.24, 2.45) is 0 Å². The van der Waals surface area contributed by atoms with E-state index in [1.165, 1.54) is 12.1 Å². The lowest BCUT2D eigenvalue weighted by Crippen LogP contribution is -2.29. The molecule has 0 aliphatic heterocycles. The lowest BCUT2D eigenvalue weighted by molar-refractivity contribution is -0.790. The zero-order chi connectivity index (χ0) is 27.3. The SMILES string of the molecule is Cc1c(C(CC(CO[N+](=O)[O-])O[N+](=O)[O-])C(=O)O)cc(-c2ccc(S(C)(=O)=O)cc2)n1-c1ccccc1. The van der Waals surface area contributed by atoms with Gasteiger partial charge in [0.1, 0.15) is 12.7 Å². The van der Waals surface area contributed by atoms with Crippen LogP contribution in [0.25, 0.3) is 16.9 Å². The molecular weight excluding hydrogens is 510 g/mol. The monoisotopic (exact) mass is 533 g/mol. The summed E-state index contributed by atoms with van der Waals surface area (Å²) in [4.78, 5) is 42.5. The molecule has 1 aromatic heterocycles. The third-order valence-electron chi connectivity index (χ3n) is 5.65. The summed E-state index contributed by atoms with van der Waals surface area (Å²) in [6.45, 7) is 0.833. The van der Waals surface area contributed by atoms with Gasteiger partial charge in [0.25, 0.3) is 10.2 Å². The quantitative estimate of drug-likeness (QED) is 0.268. The van der Waals surface area contributed by atoms with Crippen molar-refractivity contribution in [2.45, 2.75) is 30.3 Å². The van der Waals surface area contributed by atoms with Crippen molar-refractivity contribution in [3.63, 3.8) is 0 Å². The summed E-state index contributed by atoms with van der Waals surface area (Å²) in [5.74, 6) is -2.68. The largest absolute Gasteiger partial charge is 0.481 e. The molecule has 0 radical (unpaired) electrons. The molecule has 2 unspecified atom stereocenters. The van der Waals surface area contributed by atoms with Gasteiger partial charge in [-0.25, -0.2) is 8.42 Å². The van der Waals surface area contributed by atoms with Crippen LogP contribution in [0.15, 0.2) is 65.6 Å². The van der Waals surface area contributed by atoms with Crippen LogP contribution in [-0.4, -0.2) is 53.2 Å². The van der Waals surface area contributed by atoms with Crippen LogP contribution in [0.4, 0.5) is 0 Å². The third-order valence-corrected chi connectivity index (χ3v) is 6.78. The van der Waals surface area contributed by atoms with Gasteiger partial charge in [0.2, 0.25) is 0 Å². The molecule has 3 aromatic rings. The zero-order valence-electron chi connectivity index (χ0n) is 19.7. The number of aromatic nitrogens is 1. The summed E-state index contributed by atoms with van der Waals surface area (Å²) >= 11 is 0. The number of benzene rings is 2. The van der Waals surface area contributed by atoms with Gasteiger partial charge in [0.15, 0.2) is 9.84 Å². The van der Waals surface area contributed by atoms with Crippen molar-refractivity contribution in [2.75, 3.05) is 12.9 Å². The van der Waals surface area contributed by atoms with Crippen LogP contribution in [0.2, 0.25) is 0 Å². The second kappa shape index (κ2) is 11.1. The van der Waals surface area contributed by atoms with Gasteiger partial charge >= 0.3 is 5.97 Å². The van der Waals surface area contributed by atoms with Crippen LogP contribution < -0.4 is 0 Å². The Labute approximate surface area is 211 Å². The molecule has 0 amide bonds. The van der Waals surface area contributed by atoms with E-state index in [1.807, 2.05) is 0 Å². The second-order valence-corrected chi connectivity index (χ2v) is 10.2. The summed E-state index contributed by atoms with van der Waals surface area (Å²) in [6.07, 6.45) is -0.935. The highest BCUT2D eigenvalue weighted by atomic mass is 32.2. The summed E-state index contributed by atoms with van der Waals surface area (Å²) in [5, 5.41) is 29.2. The molecule has 0 saturated carbocycles. The van der Waals surface area contributed by atoms with Crippen LogP contribution in [0.5, 0.6) is 0 Å². The summed E-state index contributed by atoms with van der Waals surface area (Å²) in [5.41, 5.74) is 2.60. The van der Waals surface area contributed by atoms with Crippen molar-refractivity contribution < 1.29 is 38.2 Å². The van der Waals surface area contributed by atoms with Crippen LogP contribution in [-0.2, 0) is 24.3 Å². The van der Waals surface area contributed by atoms with Gasteiger partial charge in [-0.15, -0.1) is 20.2 Å². The van der Waals surface area contributed by atoms with E-state index in [0.717, 1.165) is 6.26 Å². The Morgan fingerprint density at radius 2 is 1.68 bits per heavy atom. The fourth-order valence-electron chi connectivity index (χ4n) is 4.00. The number of carbonyl (C=O) groups is 1. The van der Waals surface area contributed by atoms with Gasteiger partial charge in [0.05, 0.1) is 16.5 Å². The van der Waals surface area contributed by atoms with Crippen molar-refractivity contribution in [3.05, 3.63) is 92.1 Å². The Kier molecular flexibility index (Phi) is 8.12. The molecule has 0 bridgehead atoms. The molecule has 0 spiro atoms. The maximum absolute atomic E-state index is 12.3. The number of hydrogen-bond acceptors (Lipinski definition) is 9. The number of carboxylic acids is 1. The number of nitrogens with zero attached hydrogens (tertiary/aromatic N) is 3. The van der Waals surface area contributed by atoms with Gasteiger partial charge in [0, 0.05) is 17.6 Å². The highest BCUT2D eigenvalue weighted by Gasteiger charge is 2.31. The molecule has 1 N–H and O–H groups in total. The minimum absolute atomic E-state index is 0.111. The van der Waals surface area contributed by atoms with Crippen LogP contribution in [0, 0.1) is 27.2 Å². The van der Waals surface area contributed by atoms with E-state index in [4.69, 9.17) is 0 Å². The predicted molar refractivity (Wildman–Crippen MR) is 129 cm³/mol. The Morgan fingerprint density at radius 3 is 2.19 bits per heavy atom. The van der Waals surface area contributed by atoms with Gasteiger partial charge in [-0.1, -0.05) is 30.3 Å². The summed E-state index contributed by atoms with van der Waals surface area (Å²) < 4.78 is 25.5. The van der Waals surface area contributed by atoms with Crippen molar-refractivity contribution in [3.8, 4) is 16.9 Å². The molecule has 1 heterocycles. The molecule has 196 valence electrons. The third kappa shape index (κ3) is 6.61. The van der Waals surface area contributed by atoms with Crippen LogP contribution in [0.1, 0.15) is 23.6 Å². The molecule has 3 rings (SSSR count). The number of rotatable bonds is 12. The molecule has 0 aliphatic carbocycles. The van der Waals surface area contributed by atoms with Gasteiger partial charge < -0.3 is 19.3 Å². The molecule has 0 saturated heterocycles. The van der Waals surface area contributed by atoms with E-state index >= 15 is 0 Å². The van der Waals surface area contributed by atoms with E-state index in [1.54, 1.807) is 60.0 Å². The molecule has 0 aliphatic rings. The maximum atomic E-state index is 12.3. The average Bonchev–Trinajstić information content (AvgIpc) is 3.17. The lowest BCUT2D eigenvalue weighted by atomic mass is 9.93. The first-order valence-corrected chi connectivity index (χ1v) is 12.7. The van der Waals surface area contributed by atoms with Gasteiger partial charge in [-0.2, -0.15) is 0 Å². The number of carboxylic acid groups (broad SMARTS) is 1. The number of sulfone groups is 1. The zero-order valence-corrected chi connectivity index (χ0v) is 20.5. The van der Waals surface area contributed by atoms with E-state index in [-0.39, 0.29) is 10.5 Å². The average molecular weight is 534 g/mol. The van der Waals surface area contributed by atoms with E-state index in [0.29, 0.717) is 22.6 Å². The first kappa shape index (κ1) is 27.1. The fourth-order valence-corrected chi connectivity index (χ4v) is 4.64. The molecule has 2 aromatic carbocycles. The minimum Gasteiger partial charge on any atom is -0.481 e. The minimum atomic E-state index is -3.44. The fraction of sp³-hybridized carbons (Fsp3) is 0.261. The van der Waals surface area contributed by atoms with E-state index < -0.39 is 51.0 Å². The molecule has 37 heavy (non-hydrogen) atoms. The highest BCUT2D eigenvalue weighted by Crippen LogP contribution is 2.35. The van der Waals surface area contributed by atoms with Crippen molar-refractivity contribution in [1.29, 1.82) is 0 Å². The van der Waals surface area contributed by atoms with Crippen LogP contribution in [0.3, 0.4) is 0 Å². The highest BCUT2D eigenvalue weighted by molar-refractivity contribution is 7.90.